The van der Waals surface area contributed by atoms with Crippen LogP contribution in [0.1, 0.15) is 73.7 Å². The van der Waals surface area contributed by atoms with Crippen molar-refractivity contribution in [3.05, 3.63) is 82.7 Å². The lowest BCUT2D eigenvalue weighted by Crippen LogP contribution is -2.48. The molecule has 6 heteroatoms. The average molecular weight is 538 g/mol. The fourth-order valence-corrected chi connectivity index (χ4v) is 8.69. The number of aliphatic hydroxyl groups excluding tert-OH is 1. The van der Waals surface area contributed by atoms with Gasteiger partial charge in [0, 0.05) is 62.2 Å². The van der Waals surface area contributed by atoms with Gasteiger partial charge in [-0.15, -0.1) is 0 Å². The molecular formula is C34H39N3O3. The summed E-state index contributed by atoms with van der Waals surface area (Å²) in [6.45, 7) is 5.34. The van der Waals surface area contributed by atoms with Gasteiger partial charge in [0.25, 0.3) is 5.91 Å². The summed E-state index contributed by atoms with van der Waals surface area (Å²) < 4.78 is 0. The van der Waals surface area contributed by atoms with Crippen LogP contribution in [0.4, 0.5) is 5.69 Å². The number of anilines is 1. The molecule has 0 spiro atoms. The smallest absolute Gasteiger partial charge is 0.253 e. The Kier molecular flexibility index (Phi) is 6.42. The fraction of sp³-hybridized carbons (Fsp3) is 0.500. The molecule has 0 bridgehead atoms. The zero-order valence-electron chi connectivity index (χ0n) is 23.4. The van der Waals surface area contributed by atoms with E-state index in [1.165, 1.54) is 22.3 Å². The standard InChI is InChI=1S/C34H39N3O3/c1-34-21-29(32-27-9-7-26(38)20-24(27)6-8-28(32)30(34)10-11-31(34)39)22-2-4-23(5-3-22)33(40)37-18-16-36(17-19-37)25-12-14-35-15-13-25/h2-5,12-15,20,28-31,39H,6-11,16-19,21H2,1H3. The molecule has 4 aliphatic carbocycles. The van der Waals surface area contributed by atoms with Gasteiger partial charge in [0.15, 0.2) is 5.78 Å². The molecule has 2 saturated carbocycles. The third-order valence-corrected chi connectivity index (χ3v) is 10.8. The lowest BCUT2D eigenvalue weighted by molar-refractivity contribution is -0.114. The molecule has 0 radical (unpaired) electrons. The molecule has 1 aromatic carbocycles. The van der Waals surface area contributed by atoms with Crippen molar-refractivity contribution < 1.29 is 14.7 Å². The van der Waals surface area contributed by atoms with Crippen molar-refractivity contribution in [2.24, 2.45) is 17.3 Å². The Hall–Kier alpha value is -3.25. The van der Waals surface area contributed by atoms with Gasteiger partial charge in [0.2, 0.25) is 0 Å². The van der Waals surface area contributed by atoms with E-state index in [1.54, 1.807) is 0 Å². The van der Waals surface area contributed by atoms with Gasteiger partial charge in [-0.25, -0.2) is 0 Å². The van der Waals surface area contributed by atoms with Gasteiger partial charge in [0.1, 0.15) is 0 Å². The van der Waals surface area contributed by atoms with E-state index < -0.39 is 0 Å². The van der Waals surface area contributed by atoms with Crippen LogP contribution in [-0.2, 0) is 4.79 Å². The highest BCUT2D eigenvalue weighted by atomic mass is 16.3. The number of pyridine rings is 1. The SMILES string of the molecule is CC12CC(c3ccc(C(=O)N4CCN(c5ccncc5)CC4)cc3)C3=C4CCC(=O)C=C4CCC3C1CCC2O. The minimum absolute atomic E-state index is 0.0892. The zero-order valence-corrected chi connectivity index (χ0v) is 23.4. The first kappa shape index (κ1) is 25.7. The summed E-state index contributed by atoms with van der Waals surface area (Å²) in [6, 6.07) is 12.4. The van der Waals surface area contributed by atoms with Crippen molar-refractivity contribution in [3.8, 4) is 0 Å². The number of amides is 1. The molecule has 5 atom stereocenters. The second-order valence-electron chi connectivity index (χ2n) is 12.8. The number of allylic oxidation sites excluding steroid dienone is 4. The Morgan fingerprint density at radius 2 is 1.70 bits per heavy atom. The summed E-state index contributed by atoms with van der Waals surface area (Å²) in [5.74, 6) is 1.55. The molecule has 7 rings (SSSR count). The molecule has 208 valence electrons. The summed E-state index contributed by atoms with van der Waals surface area (Å²) in [7, 11) is 0. The summed E-state index contributed by atoms with van der Waals surface area (Å²) in [5, 5.41) is 11.1. The van der Waals surface area contributed by atoms with E-state index in [0.717, 1.165) is 62.9 Å². The second kappa shape index (κ2) is 9.99. The van der Waals surface area contributed by atoms with Crippen molar-refractivity contribution in [2.75, 3.05) is 31.1 Å². The molecular weight excluding hydrogens is 498 g/mol. The molecule has 40 heavy (non-hydrogen) atoms. The van der Waals surface area contributed by atoms with E-state index in [4.69, 9.17) is 0 Å². The van der Waals surface area contributed by atoms with E-state index >= 15 is 0 Å². The normalized spacial score (nSPS) is 31.9. The molecule has 5 unspecified atom stereocenters. The Morgan fingerprint density at radius 1 is 0.950 bits per heavy atom. The quantitative estimate of drug-likeness (QED) is 0.575. The second-order valence-corrected chi connectivity index (χ2v) is 12.8. The molecule has 3 fully saturated rings. The van der Waals surface area contributed by atoms with E-state index in [9.17, 15) is 14.7 Å². The van der Waals surface area contributed by atoms with Crippen LogP contribution in [0.5, 0.6) is 0 Å². The minimum atomic E-state index is -0.261. The first-order chi connectivity index (χ1) is 19.4. The Labute approximate surface area is 236 Å². The molecule has 1 aromatic heterocycles. The highest BCUT2D eigenvalue weighted by Gasteiger charge is 2.56. The summed E-state index contributed by atoms with van der Waals surface area (Å²) in [6.07, 6.45) is 11.7. The van der Waals surface area contributed by atoms with E-state index in [0.29, 0.717) is 31.3 Å². The van der Waals surface area contributed by atoms with Crippen LogP contribution in [0.15, 0.2) is 71.6 Å². The Bertz CT molecular complexity index is 1370. The molecule has 1 N–H and O–H groups in total. The summed E-state index contributed by atoms with van der Waals surface area (Å²) in [4.78, 5) is 34.1. The molecule has 6 nitrogen and oxygen atoms in total. The third-order valence-electron chi connectivity index (χ3n) is 10.8. The molecule has 5 aliphatic rings. The number of carbonyl (C=O) groups is 2. The number of hydrogen-bond acceptors (Lipinski definition) is 5. The molecule has 1 aliphatic heterocycles. The number of fused-ring (bicyclic) bond motifs is 4. The summed E-state index contributed by atoms with van der Waals surface area (Å²) >= 11 is 0. The van der Waals surface area contributed by atoms with Crippen molar-refractivity contribution in [2.45, 2.75) is 63.9 Å². The average Bonchev–Trinajstić information content (AvgIpc) is 3.30. The van der Waals surface area contributed by atoms with Crippen LogP contribution in [0.3, 0.4) is 0 Å². The van der Waals surface area contributed by atoms with Crippen LogP contribution in [0, 0.1) is 17.3 Å². The number of hydrogen-bond donors (Lipinski definition) is 1. The molecule has 2 aromatic rings. The maximum absolute atomic E-state index is 13.4. The fourth-order valence-electron chi connectivity index (χ4n) is 8.69. The summed E-state index contributed by atoms with van der Waals surface area (Å²) in [5.41, 5.74) is 7.26. The van der Waals surface area contributed by atoms with Gasteiger partial charge in [-0.05, 0) is 103 Å². The van der Waals surface area contributed by atoms with Crippen LogP contribution in [-0.4, -0.2) is 59.0 Å². The predicted molar refractivity (Wildman–Crippen MR) is 155 cm³/mol. The van der Waals surface area contributed by atoms with Crippen LogP contribution in [0.25, 0.3) is 0 Å². The number of aromatic nitrogens is 1. The highest BCUT2D eigenvalue weighted by molar-refractivity contribution is 5.94. The van der Waals surface area contributed by atoms with Crippen LogP contribution in [0.2, 0.25) is 0 Å². The maximum atomic E-state index is 13.4. The lowest BCUT2D eigenvalue weighted by Gasteiger charge is -2.52. The van der Waals surface area contributed by atoms with Crippen molar-refractivity contribution >= 4 is 17.4 Å². The molecule has 1 saturated heterocycles. The first-order valence-electron chi connectivity index (χ1n) is 15.1. The van der Waals surface area contributed by atoms with Gasteiger partial charge >= 0.3 is 0 Å². The first-order valence-corrected chi connectivity index (χ1v) is 15.1. The third kappa shape index (κ3) is 4.23. The minimum Gasteiger partial charge on any atom is -0.393 e. The van der Waals surface area contributed by atoms with Crippen LogP contribution >= 0.6 is 0 Å². The van der Waals surface area contributed by atoms with Crippen molar-refractivity contribution in [1.29, 1.82) is 0 Å². The molecule has 1 amide bonds. The van der Waals surface area contributed by atoms with E-state index in [2.05, 4.69) is 28.9 Å². The van der Waals surface area contributed by atoms with Gasteiger partial charge in [0.05, 0.1) is 6.10 Å². The number of carbonyl (C=O) groups excluding carboxylic acids is 2. The van der Waals surface area contributed by atoms with Gasteiger partial charge in [-0.3, -0.25) is 14.6 Å². The van der Waals surface area contributed by atoms with Gasteiger partial charge in [-0.1, -0.05) is 24.6 Å². The zero-order chi connectivity index (χ0) is 27.4. The van der Waals surface area contributed by atoms with Crippen molar-refractivity contribution in [1.82, 2.24) is 9.88 Å². The largest absolute Gasteiger partial charge is 0.393 e. The topological polar surface area (TPSA) is 73.7 Å². The highest BCUT2D eigenvalue weighted by Crippen LogP contribution is 2.63. The lowest BCUT2D eigenvalue weighted by atomic mass is 9.53. The number of rotatable bonds is 3. The van der Waals surface area contributed by atoms with Crippen molar-refractivity contribution in [3.63, 3.8) is 0 Å². The van der Waals surface area contributed by atoms with Gasteiger partial charge < -0.3 is 14.9 Å². The number of aliphatic hydroxyl groups is 1. The Balaban J connectivity index is 1.15. The molecule has 2 heterocycles. The van der Waals surface area contributed by atoms with E-state index in [-0.39, 0.29) is 29.1 Å². The Morgan fingerprint density at radius 3 is 2.45 bits per heavy atom. The predicted octanol–water partition coefficient (Wildman–Crippen LogP) is 5.30. The van der Waals surface area contributed by atoms with Gasteiger partial charge in [-0.2, -0.15) is 0 Å². The maximum Gasteiger partial charge on any atom is 0.253 e. The number of ketones is 1. The number of piperazine rings is 1. The number of benzene rings is 1. The van der Waals surface area contributed by atoms with Crippen LogP contribution < -0.4 is 4.90 Å². The monoisotopic (exact) mass is 537 g/mol. The van der Waals surface area contributed by atoms with E-state index in [1.807, 2.05) is 47.6 Å². The number of nitrogens with zero attached hydrogens (tertiary/aromatic N) is 3.